The second-order valence-corrected chi connectivity index (χ2v) is 10.0. The predicted octanol–water partition coefficient (Wildman–Crippen LogP) is 1.42. The summed E-state index contributed by atoms with van der Waals surface area (Å²) in [6.07, 6.45) is 2.77. The summed E-state index contributed by atoms with van der Waals surface area (Å²) in [5.74, 6) is -0.129. The topological polar surface area (TPSA) is 88.9 Å². The molecule has 3 N–H and O–H groups in total. The van der Waals surface area contributed by atoms with E-state index in [2.05, 4.69) is 17.6 Å². The van der Waals surface area contributed by atoms with Crippen LogP contribution >= 0.6 is 11.3 Å². The second kappa shape index (κ2) is 9.71. The van der Waals surface area contributed by atoms with Crippen LogP contribution in [0.4, 0.5) is 5.00 Å². The van der Waals surface area contributed by atoms with Crippen molar-refractivity contribution in [1.29, 1.82) is 0 Å². The zero-order chi connectivity index (χ0) is 21.8. The molecule has 29 heavy (non-hydrogen) atoms. The summed E-state index contributed by atoms with van der Waals surface area (Å²) in [4.78, 5) is 39.1. The molecule has 1 aromatic heterocycles. The van der Waals surface area contributed by atoms with Gasteiger partial charge in [-0.15, -0.1) is 11.3 Å². The van der Waals surface area contributed by atoms with Gasteiger partial charge in [-0.3, -0.25) is 9.59 Å². The molecular weight excluding hydrogens is 390 g/mol. The SMILES string of the molecule is CCOC(=O)c1c(NC(=O)C[NH+](C)CC(=O)NC(C)(C)C)sc2c1CC[C@H](C)C2. The van der Waals surface area contributed by atoms with E-state index in [-0.39, 0.29) is 36.4 Å². The van der Waals surface area contributed by atoms with Crippen LogP contribution in [0.15, 0.2) is 0 Å². The van der Waals surface area contributed by atoms with Gasteiger partial charge in [0.2, 0.25) is 0 Å². The molecule has 0 radical (unpaired) electrons. The zero-order valence-electron chi connectivity index (χ0n) is 18.4. The minimum Gasteiger partial charge on any atom is -0.462 e. The number of fused-ring (bicyclic) bond motifs is 1. The number of nitrogens with one attached hydrogen (secondary N) is 3. The highest BCUT2D eigenvalue weighted by Gasteiger charge is 2.29. The number of likely N-dealkylation sites (N-methyl/N-ethyl adjacent to an activating group) is 1. The zero-order valence-corrected chi connectivity index (χ0v) is 19.2. The van der Waals surface area contributed by atoms with E-state index >= 15 is 0 Å². The van der Waals surface area contributed by atoms with Gasteiger partial charge in [-0.2, -0.15) is 0 Å². The Morgan fingerprint density at radius 1 is 1.21 bits per heavy atom. The minimum absolute atomic E-state index is 0.101. The lowest BCUT2D eigenvalue weighted by atomic mass is 9.88. The first-order chi connectivity index (χ1) is 13.5. The molecule has 1 unspecified atom stereocenters. The van der Waals surface area contributed by atoms with Crippen LogP contribution in [0, 0.1) is 5.92 Å². The Morgan fingerprint density at radius 3 is 2.48 bits per heavy atom. The summed E-state index contributed by atoms with van der Waals surface area (Å²) >= 11 is 1.48. The number of anilines is 1. The highest BCUT2D eigenvalue weighted by atomic mass is 32.1. The van der Waals surface area contributed by atoms with Crippen molar-refractivity contribution in [2.45, 2.75) is 59.4 Å². The van der Waals surface area contributed by atoms with Crippen LogP contribution in [-0.4, -0.2) is 50.1 Å². The molecule has 0 bridgehead atoms. The Labute approximate surface area is 177 Å². The third-order valence-electron chi connectivity index (χ3n) is 4.68. The van der Waals surface area contributed by atoms with E-state index in [9.17, 15) is 14.4 Å². The average molecular weight is 425 g/mol. The van der Waals surface area contributed by atoms with Crippen molar-refractivity contribution in [1.82, 2.24) is 5.32 Å². The van der Waals surface area contributed by atoms with Gasteiger partial charge >= 0.3 is 5.97 Å². The lowest BCUT2D eigenvalue weighted by Gasteiger charge is -2.21. The number of rotatable bonds is 7. The third-order valence-corrected chi connectivity index (χ3v) is 5.85. The Hall–Kier alpha value is -1.93. The Morgan fingerprint density at radius 2 is 1.86 bits per heavy atom. The lowest BCUT2D eigenvalue weighted by Crippen LogP contribution is -3.11. The average Bonchev–Trinajstić information content (AvgIpc) is 2.89. The van der Waals surface area contributed by atoms with Gasteiger partial charge in [0.25, 0.3) is 11.8 Å². The van der Waals surface area contributed by atoms with E-state index in [4.69, 9.17) is 4.74 Å². The van der Waals surface area contributed by atoms with Crippen LogP contribution in [0.3, 0.4) is 0 Å². The number of ether oxygens (including phenoxy) is 1. The van der Waals surface area contributed by atoms with Crippen LogP contribution in [0.5, 0.6) is 0 Å². The number of esters is 1. The van der Waals surface area contributed by atoms with E-state index in [0.29, 0.717) is 23.1 Å². The van der Waals surface area contributed by atoms with E-state index in [0.717, 1.165) is 34.6 Å². The highest BCUT2D eigenvalue weighted by molar-refractivity contribution is 7.17. The molecule has 0 aliphatic heterocycles. The molecule has 0 spiro atoms. The number of hydrogen-bond acceptors (Lipinski definition) is 5. The summed E-state index contributed by atoms with van der Waals surface area (Å²) in [5, 5.41) is 6.37. The summed E-state index contributed by atoms with van der Waals surface area (Å²) in [6.45, 7) is 10.4. The molecule has 0 saturated heterocycles. The standard InChI is InChI=1S/C21H33N3O4S/c1-7-28-20(27)18-14-9-8-13(2)10-15(14)29-19(18)22-16(25)11-24(6)12-17(26)23-21(3,4)5/h13H,7-12H2,1-6H3,(H,22,25)(H,23,26)/p+1/t13-/m0/s1. The van der Waals surface area contributed by atoms with Crippen LogP contribution in [0.25, 0.3) is 0 Å². The van der Waals surface area contributed by atoms with Gasteiger partial charge in [-0.05, 0) is 58.4 Å². The van der Waals surface area contributed by atoms with Gasteiger partial charge in [-0.25, -0.2) is 4.79 Å². The lowest BCUT2D eigenvalue weighted by molar-refractivity contribution is -0.862. The molecule has 2 amide bonds. The molecule has 0 saturated carbocycles. The van der Waals surface area contributed by atoms with Crippen molar-refractivity contribution < 1.29 is 24.0 Å². The number of amides is 2. The van der Waals surface area contributed by atoms with Crippen molar-refractivity contribution in [3.63, 3.8) is 0 Å². The molecule has 1 aliphatic rings. The first kappa shape index (κ1) is 23.3. The Balaban J connectivity index is 2.07. The Kier molecular flexibility index (Phi) is 7.82. The molecule has 8 heteroatoms. The van der Waals surface area contributed by atoms with E-state index in [1.165, 1.54) is 11.3 Å². The summed E-state index contributed by atoms with van der Waals surface area (Å²) in [7, 11) is 1.80. The van der Waals surface area contributed by atoms with Crippen LogP contribution in [-0.2, 0) is 27.2 Å². The minimum atomic E-state index is -0.375. The summed E-state index contributed by atoms with van der Waals surface area (Å²) in [5.41, 5.74) is 1.23. The number of carbonyl (C=O) groups excluding carboxylic acids is 3. The fourth-order valence-corrected chi connectivity index (χ4v) is 4.92. The van der Waals surface area contributed by atoms with E-state index < -0.39 is 0 Å². The number of carbonyl (C=O) groups is 3. The number of thiophene rings is 1. The van der Waals surface area contributed by atoms with Crippen molar-refractivity contribution >= 4 is 34.1 Å². The van der Waals surface area contributed by atoms with Gasteiger partial charge in [-0.1, -0.05) is 6.92 Å². The number of quaternary nitrogens is 1. The van der Waals surface area contributed by atoms with Crippen molar-refractivity contribution in [2.24, 2.45) is 5.92 Å². The molecule has 162 valence electrons. The third kappa shape index (κ3) is 6.82. The molecule has 0 fully saturated rings. The maximum Gasteiger partial charge on any atom is 0.341 e. The van der Waals surface area contributed by atoms with Crippen LogP contribution in [0.1, 0.15) is 61.8 Å². The summed E-state index contributed by atoms with van der Waals surface area (Å²) in [6, 6.07) is 0. The molecule has 1 aromatic rings. The predicted molar refractivity (Wildman–Crippen MR) is 115 cm³/mol. The fraction of sp³-hybridized carbons (Fsp3) is 0.667. The van der Waals surface area contributed by atoms with Gasteiger partial charge in [0, 0.05) is 10.4 Å². The fourth-order valence-electron chi connectivity index (χ4n) is 3.50. The maximum atomic E-state index is 12.6. The number of hydrogen-bond donors (Lipinski definition) is 3. The first-order valence-corrected chi connectivity index (χ1v) is 11.1. The van der Waals surface area contributed by atoms with Gasteiger partial charge in [0.1, 0.15) is 5.00 Å². The molecule has 0 aromatic carbocycles. The smallest absolute Gasteiger partial charge is 0.341 e. The normalized spacial score (nSPS) is 17.2. The van der Waals surface area contributed by atoms with Crippen molar-refractivity contribution in [3.05, 3.63) is 16.0 Å². The summed E-state index contributed by atoms with van der Waals surface area (Å²) < 4.78 is 5.24. The van der Waals surface area contributed by atoms with E-state index in [1.807, 2.05) is 20.8 Å². The molecule has 1 heterocycles. The van der Waals surface area contributed by atoms with Crippen LogP contribution < -0.4 is 15.5 Å². The van der Waals surface area contributed by atoms with Gasteiger partial charge in [0.05, 0.1) is 19.2 Å². The molecular formula is C21H34N3O4S+. The Bertz CT molecular complexity index is 767. The molecule has 1 aliphatic carbocycles. The van der Waals surface area contributed by atoms with Gasteiger partial charge < -0.3 is 20.3 Å². The molecule has 2 atom stereocenters. The van der Waals surface area contributed by atoms with Crippen molar-refractivity contribution in [3.8, 4) is 0 Å². The largest absolute Gasteiger partial charge is 0.462 e. The van der Waals surface area contributed by atoms with Crippen LogP contribution in [0.2, 0.25) is 0 Å². The first-order valence-electron chi connectivity index (χ1n) is 10.2. The monoisotopic (exact) mass is 424 g/mol. The van der Waals surface area contributed by atoms with E-state index in [1.54, 1.807) is 14.0 Å². The van der Waals surface area contributed by atoms with Crippen molar-refractivity contribution in [2.75, 3.05) is 32.1 Å². The molecule has 7 nitrogen and oxygen atoms in total. The quantitative estimate of drug-likeness (QED) is 0.578. The second-order valence-electron chi connectivity index (χ2n) is 8.93. The molecule has 2 rings (SSSR count). The highest BCUT2D eigenvalue weighted by Crippen LogP contribution is 2.40. The maximum absolute atomic E-state index is 12.6. The van der Waals surface area contributed by atoms with Gasteiger partial charge in [0.15, 0.2) is 13.1 Å².